The summed E-state index contributed by atoms with van der Waals surface area (Å²) in [5.74, 6) is 0.739. The Bertz CT molecular complexity index is 716. The molecule has 0 saturated carbocycles. The fourth-order valence-electron chi connectivity index (χ4n) is 2.71. The number of carbonyl (C=O) groups is 1. The second kappa shape index (κ2) is 10.2. The molecule has 1 heterocycles. The first-order valence-corrected chi connectivity index (χ1v) is 9.39. The summed E-state index contributed by atoms with van der Waals surface area (Å²) < 4.78 is 11.0. The topological polar surface area (TPSA) is 62.8 Å². The van der Waals surface area contributed by atoms with Crippen molar-refractivity contribution in [2.45, 2.75) is 6.61 Å². The highest BCUT2D eigenvalue weighted by molar-refractivity contribution is 6.30. The van der Waals surface area contributed by atoms with E-state index < -0.39 is 0 Å². The van der Waals surface area contributed by atoms with Gasteiger partial charge in [-0.05, 0) is 42.0 Å². The molecule has 0 spiro atoms. The number of anilines is 1. The molecule has 6 nitrogen and oxygen atoms in total. The fraction of sp³-hybridized carbons (Fsp3) is 0.350. The lowest BCUT2D eigenvalue weighted by Gasteiger charge is -2.26. The molecule has 144 valence electrons. The summed E-state index contributed by atoms with van der Waals surface area (Å²) in [6.07, 6.45) is 0. The van der Waals surface area contributed by atoms with Gasteiger partial charge in [-0.3, -0.25) is 4.90 Å². The van der Waals surface area contributed by atoms with Crippen LogP contribution in [0, 0.1) is 0 Å². The third kappa shape index (κ3) is 6.75. The van der Waals surface area contributed by atoms with Crippen molar-refractivity contribution >= 4 is 23.3 Å². The minimum absolute atomic E-state index is 0.210. The largest absolute Gasteiger partial charge is 0.489 e. The van der Waals surface area contributed by atoms with Crippen LogP contribution >= 0.6 is 11.6 Å². The maximum atomic E-state index is 12.0. The van der Waals surface area contributed by atoms with Crippen LogP contribution in [0.5, 0.6) is 5.75 Å². The number of nitrogens with zero attached hydrogens (tertiary/aromatic N) is 1. The quantitative estimate of drug-likeness (QED) is 0.762. The van der Waals surface area contributed by atoms with Crippen molar-refractivity contribution in [3.63, 3.8) is 0 Å². The number of nitrogens with one attached hydrogen (secondary N) is 2. The Hall–Kier alpha value is -2.28. The average molecular weight is 390 g/mol. The normalized spacial score (nSPS) is 14.6. The molecule has 2 amide bonds. The zero-order valence-corrected chi connectivity index (χ0v) is 15.9. The Kier molecular flexibility index (Phi) is 7.33. The molecule has 1 saturated heterocycles. The van der Waals surface area contributed by atoms with E-state index in [1.165, 1.54) is 0 Å². The van der Waals surface area contributed by atoms with E-state index in [1.807, 2.05) is 48.5 Å². The molecule has 0 radical (unpaired) electrons. The highest BCUT2D eigenvalue weighted by Crippen LogP contribution is 2.17. The second-order valence-corrected chi connectivity index (χ2v) is 6.71. The van der Waals surface area contributed by atoms with Gasteiger partial charge in [0.15, 0.2) is 0 Å². The summed E-state index contributed by atoms with van der Waals surface area (Å²) >= 11 is 5.87. The fourth-order valence-corrected chi connectivity index (χ4v) is 2.84. The van der Waals surface area contributed by atoms with Crippen molar-refractivity contribution in [2.75, 3.05) is 44.7 Å². The molecule has 1 fully saturated rings. The van der Waals surface area contributed by atoms with Gasteiger partial charge in [0.2, 0.25) is 0 Å². The maximum absolute atomic E-state index is 12.0. The molecule has 0 atom stereocenters. The Morgan fingerprint density at radius 3 is 2.48 bits per heavy atom. The Balaban J connectivity index is 1.37. The summed E-state index contributed by atoms with van der Waals surface area (Å²) in [6, 6.07) is 14.6. The van der Waals surface area contributed by atoms with Gasteiger partial charge in [0.25, 0.3) is 0 Å². The van der Waals surface area contributed by atoms with Crippen LogP contribution in [0.4, 0.5) is 10.5 Å². The molecule has 0 aliphatic carbocycles. The SMILES string of the molecule is O=C(NCCN1CCOCC1)Nc1ccc(OCc2ccc(Cl)cc2)cc1. The van der Waals surface area contributed by atoms with Gasteiger partial charge in [-0.15, -0.1) is 0 Å². The number of carbonyl (C=O) groups excluding carboxylic acids is 1. The van der Waals surface area contributed by atoms with E-state index in [0.717, 1.165) is 49.8 Å². The third-order valence-corrected chi connectivity index (χ3v) is 4.50. The van der Waals surface area contributed by atoms with Crippen LogP contribution in [0.25, 0.3) is 0 Å². The van der Waals surface area contributed by atoms with Gasteiger partial charge in [-0.1, -0.05) is 23.7 Å². The van der Waals surface area contributed by atoms with Gasteiger partial charge >= 0.3 is 6.03 Å². The van der Waals surface area contributed by atoms with Gasteiger partial charge in [-0.2, -0.15) is 0 Å². The van der Waals surface area contributed by atoms with Crippen LogP contribution in [-0.4, -0.2) is 50.3 Å². The summed E-state index contributed by atoms with van der Waals surface area (Å²) in [4.78, 5) is 14.2. The zero-order chi connectivity index (χ0) is 18.9. The predicted molar refractivity (Wildman–Crippen MR) is 107 cm³/mol. The number of ether oxygens (including phenoxy) is 2. The lowest BCUT2D eigenvalue weighted by molar-refractivity contribution is 0.0388. The molecule has 3 rings (SSSR count). The molecule has 0 bridgehead atoms. The van der Waals surface area contributed by atoms with Crippen molar-refractivity contribution < 1.29 is 14.3 Å². The number of urea groups is 1. The molecule has 2 N–H and O–H groups in total. The Labute approximate surface area is 164 Å². The summed E-state index contributed by atoms with van der Waals surface area (Å²) in [7, 11) is 0. The lowest BCUT2D eigenvalue weighted by atomic mass is 10.2. The number of amides is 2. The molecular weight excluding hydrogens is 366 g/mol. The highest BCUT2D eigenvalue weighted by Gasteiger charge is 2.10. The predicted octanol–water partition coefficient (Wildman–Crippen LogP) is 3.37. The van der Waals surface area contributed by atoms with Crippen LogP contribution in [0.3, 0.4) is 0 Å². The van der Waals surface area contributed by atoms with Gasteiger partial charge in [0.05, 0.1) is 13.2 Å². The van der Waals surface area contributed by atoms with E-state index in [-0.39, 0.29) is 6.03 Å². The number of halogens is 1. The number of hydrogen-bond donors (Lipinski definition) is 2. The van der Waals surface area contributed by atoms with Gasteiger partial charge in [0.1, 0.15) is 12.4 Å². The van der Waals surface area contributed by atoms with Crippen molar-refractivity contribution in [1.82, 2.24) is 10.2 Å². The molecule has 1 aliphatic rings. The first-order chi connectivity index (χ1) is 13.2. The van der Waals surface area contributed by atoms with Gasteiger partial charge < -0.3 is 20.1 Å². The van der Waals surface area contributed by atoms with Crippen molar-refractivity contribution in [3.05, 3.63) is 59.1 Å². The van der Waals surface area contributed by atoms with Crippen LogP contribution < -0.4 is 15.4 Å². The number of hydrogen-bond acceptors (Lipinski definition) is 4. The number of morpholine rings is 1. The molecule has 27 heavy (non-hydrogen) atoms. The van der Waals surface area contributed by atoms with E-state index in [9.17, 15) is 4.79 Å². The lowest BCUT2D eigenvalue weighted by Crippen LogP contribution is -2.42. The van der Waals surface area contributed by atoms with Gasteiger partial charge in [0, 0.05) is 36.9 Å². The zero-order valence-electron chi connectivity index (χ0n) is 15.1. The first kappa shape index (κ1) is 19.5. The number of rotatable bonds is 7. The van der Waals surface area contributed by atoms with Gasteiger partial charge in [-0.25, -0.2) is 4.79 Å². The molecule has 1 aliphatic heterocycles. The van der Waals surface area contributed by atoms with Crippen LogP contribution in [0.2, 0.25) is 5.02 Å². The van der Waals surface area contributed by atoms with Crippen LogP contribution in [0.1, 0.15) is 5.56 Å². The molecule has 0 aromatic heterocycles. The third-order valence-electron chi connectivity index (χ3n) is 4.25. The Morgan fingerprint density at radius 1 is 1.07 bits per heavy atom. The smallest absolute Gasteiger partial charge is 0.319 e. The standard InChI is InChI=1S/C20H24ClN3O3/c21-17-3-1-16(2-4-17)15-27-19-7-5-18(6-8-19)23-20(25)22-9-10-24-11-13-26-14-12-24/h1-8H,9-15H2,(H2,22,23,25). The van der Waals surface area contributed by atoms with E-state index in [1.54, 1.807) is 0 Å². The van der Waals surface area contributed by atoms with E-state index in [4.69, 9.17) is 21.1 Å². The molecule has 2 aromatic carbocycles. The van der Waals surface area contributed by atoms with Crippen LogP contribution in [0.15, 0.2) is 48.5 Å². The summed E-state index contributed by atoms with van der Waals surface area (Å²) in [5.41, 5.74) is 1.76. The van der Waals surface area contributed by atoms with Crippen molar-refractivity contribution in [2.24, 2.45) is 0 Å². The molecule has 0 unspecified atom stereocenters. The second-order valence-electron chi connectivity index (χ2n) is 6.27. The number of benzene rings is 2. The van der Waals surface area contributed by atoms with E-state index >= 15 is 0 Å². The van der Waals surface area contributed by atoms with Crippen molar-refractivity contribution in [3.8, 4) is 5.75 Å². The van der Waals surface area contributed by atoms with Crippen LogP contribution in [-0.2, 0) is 11.3 Å². The molecule has 2 aromatic rings. The minimum atomic E-state index is -0.210. The summed E-state index contributed by atoms with van der Waals surface area (Å²) in [6.45, 7) is 5.26. The summed E-state index contributed by atoms with van der Waals surface area (Å²) in [5, 5.41) is 6.40. The maximum Gasteiger partial charge on any atom is 0.319 e. The monoisotopic (exact) mass is 389 g/mol. The highest BCUT2D eigenvalue weighted by atomic mass is 35.5. The minimum Gasteiger partial charge on any atom is -0.489 e. The average Bonchev–Trinajstić information content (AvgIpc) is 2.69. The molecule has 7 heteroatoms. The van der Waals surface area contributed by atoms with E-state index in [2.05, 4.69) is 15.5 Å². The Morgan fingerprint density at radius 2 is 1.78 bits per heavy atom. The van der Waals surface area contributed by atoms with Crippen molar-refractivity contribution in [1.29, 1.82) is 0 Å². The molecular formula is C20H24ClN3O3. The van der Waals surface area contributed by atoms with E-state index in [0.29, 0.717) is 18.2 Å². The first-order valence-electron chi connectivity index (χ1n) is 9.01.